The largest absolute Gasteiger partial charge is 0.444 e. The smallest absolute Gasteiger partial charge is 0.408 e. The van der Waals surface area contributed by atoms with E-state index in [0.29, 0.717) is 12.0 Å². The summed E-state index contributed by atoms with van der Waals surface area (Å²) in [6.45, 7) is 11.1. The molecular weight excluding hydrogens is 472 g/mol. The predicted octanol–water partition coefficient (Wildman–Crippen LogP) is 3.80. The van der Waals surface area contributed by atoms with Crippen molar-refractivity contribution in [2.45, 2.75) is 110 Å². The summed E-state index contributed by atoms with van der Waals surface area (Å²) in [4.78, 5) is 53.7. The lowest BCUT2D eigenvalue weighted by atomic mass is 9.93. The number of alkyl carbamates (subject to hydrolysis) is 1. The SMILES string of the molecule is CCCN(C(=O)C(CC(N)=O)NC(=O)OC(C)(C)C)C(C(=O)NC1CCCCC1)c1cc(C)ccc1C. The number of ether oxygens (including phenoxy) is 1. The van der Waals surface area contributed by atoms with E-state index in [0.717, 1.165) is 43.2 Å². The van der Waals surface area contributed by atoms with Gasteiger partial charge in [0.25, 0.3) is 0 Å². The molecule has 37 heavy (non-hydrogen) atoms. The van der Waals surface area contributed by atoms with E-state index < -0.39 is 42.0 Å². The molecule has 1 aromatic rings. The van der Waals surface area contributed by atoms with Crippen LogP contribution in [0.25, 0.3) is 0 Å². The molecule has 1 saturated carbocycles. The van der Waals surface area contributed by atoms with E-state index in [1.165, 1.54) is 4.90 Å². The molecule has 0 radical (unpaired) electrons. The van der Waals surface area contributed by atoms with Crippen LogP contribution >= 0.6 is 0 Å². The number of carbonyl (C=O) groups is 4. The molecule has 2 rings (SSSR count). The first-order valence-electron chi connectivity index (χ1n) is 13.3. The Hall–Kier alpha value is -3.10. The minimum absolute atomic E-state index is 0.0498. The fourth-order valence-electron chi connectivity index (χ4n) is 4.69. The van der Waals surface area contributed by atoms with Crippen LogP contribution in [0.15, 0.2) is 18.2 Å². The van der Waals surface area contributed by atoms with Gasteiger partial charge in [-0.15, -0.1) is 0 Å². The molecule has 0 bridgehead atoms. The molecule has 9 nitrogen and oxygen atoms in total. The molecule has 0 heterocycles. The summed E-state index contributed by atoms with van der Waals surface area (Å²) >= 11 is 0. The molecule has 0 saturated heterocycles. The van der Waals surface area contributed by atoms with Crippen molar-refractivity contribution in [2.75, 3.05) is 6.54 Å². The number of amides is 4. The van der Waals surface area contributed by atoms with Crippen molar-refractivity contribution < 1.29 is 23.9 Å². The first-order chi connectivity index (χ1) is 17.3. The summed E-state index contributed by atoms with van der Waals surface area (Å²) in [5.74, 6) is -1.57. The number of hydrogen-bond acceptors (Lipinski definition) is 5. The Balaban J connectivity index is 2.48. The molecule has 0 aliphatic heterocycles. The third-order valence-electron chi connectivity index (χ3n) is 6.38. The number of hydrogen-bond donors (Lipinski definition) is 3. The molecule has 4 amide bonds. The monoisotopic (exact) mass is 516 g/mol. The third kappa shape index (κ3) is 9.37. The highest BCUT2D eigenvalue weighted by atomic mass is 16.6. The van der Waals surface area contributed by atoms with E-state index in [9.17, 15) is 19.2 Å². The van der Waals surface area contributed by atoms with Crippen molar-refractivity contribution in [3.63, 3.8) is 0 Å². The Kier molecular flexibility index (Phi) is 10.9. The van der Waals surface area contributed by atoms with Gasteiger partial charge < -0.3 is 26.0 Å². The summed E-state index contributed by atoms with van der Waals surface area (Å²) in [5.41, 5.74) is 7.19. The normalized spacial score (nSPS) is 15.8. The topological polar surface area (TPSA) is 131 Å². The number of carbonyl (C=O) groups excluding carboxylic acids is 4. The lowest BCUT2D eigenvalue weighted by molar-refractivity contribution is -0.143. The van der Waals surface area contributed by atoms with Crippen molar-refractivity contribution in [2.24, 2.45) is 5.73 Å². The zero-order valence-electron chi connectivity index (χ0n) is 23.2. The number of aryl methyl sites for hydroxylation is 2. The number of rotatable bonds is 10. The molecule has 2 atom stereocenters. The van der Waals surface area contributed by atoms with Crippen molar-refractivity contribution in [3.8, 4) is 0 Å². The van der Waals surface area contributed by atoms with Crippen LogP contribution in [0.5, 0.6) is 0 Å². The quantitative estimate of drug-likeness (QED) is 0.435. The van der Waals surface area contributed by atoms with Crippen LogP contribution in [0.2, 0.25) is 0 Å². The van der Waals surface area contributed by atoms with Gasteiger partial charge in [0, 0.05) is 12.6 Å². The standard InChI is InChI=1S/C28H44N4O5/c1-7-15-32(26(35)22(17-23(29)33)31-27(36)37-28(4,5)6)24(21-16-18(2)13-14-19(21)3)25(34)30-20-11-9-8-10-12-20/h13-14,16,20,22,24H,7-12,15,17H2,1-6H3,(H2,29,33)(H,30,34)(H,31,36). The first kappa shape index (κ1) is 30.1. The van der Waals surface area contributed by atoms with Crippen molar-refractivity contribution in [3.05, 3.63) is 34.9 Å². The van der Waals surface area contributed by atoms with Crippen LogP contribution in [0.4, 0.5) is 4.79 Å². The fourth-order valence-corrected chi connectivity index (χ4v) is 4.69. The molecule has 0 aromatic heterocycles. The number of benzene rings is 1. The maximum atomic E-state index is 13.9. The van der Waals surface area contributed by atoms with E-state index in [-0.39, 0.29) is 18.5 Å². The average molecular weight is 517 g/mol. The summed E-state index contributed by atoms with van der Waals surface area (Å²) in [5, 5.41) is 5.68. The van der Waals surface area contributed by atoms with E-state index in [1.54, 1.807) is 20.8 Å². The van der Waals surface area contributed by atoms with Gasteiger partial charge in [-0.25, -0.2) is 4.79 Å². The molecule has 9 heteroatoms. The van der Waals surface area contributed by atoms with Gasteiger partial charge in [0.15, 0.2) is 0 Å². The van der Waals surface area contributed by atoms with E-state index in [1.807, 2.05) is 39.0 Å². The highest BCUT2D eigenvalue weighted by molar-refractivity contribution is 5.94. The van der Waals surface area contributed by atoms with Gasteiger partial charge in [0.1, 0.15) is 17.7 Å². The highest BCUT2D eigenvalue weighted by Gasteiger charge is 2.38. The van der Waals surface area contributed by atoms with Gasteiger partial charge in [0.05, 0.1) is 6.42 Å². The molecular formula is C28H44N4O5. The zero-order valence-corrected chi connectivity index (χ0v) is 23.2. The van der Waals surface area contributed by atoms with Crippen LogP contribution < -0.4 is 16.4 Å². The van der Waals surface area contributed by atoms with Crippen molar-refractivity contribution >= 4 is 23.8 Å². The van der Waals surface area contributed by atoms with E-state index >= 15 is 0 Å². The Labute approximate surface area is 220 Å². The third-order valence-corrected chi connectivity index (χ3v) is 6.38. The number of nitrogens with one attached hydrogen (secondary N) is 2. The Bertz CT molecular complexity index is 966. The molecule has 2 unspecified atom stereocenters. The minimum atomic E-state index is -1.27. The second-order valence-corrected chi connectivity index (χ2v) is 11.0. The maximum Gasteiger partial charge on any atom is 0.408 e. The minimum Gasteiger partial charge on any atom is -0.444 e. The Morgan fingerprint density at radius 2 is 1.76 bits per heavy atom. The van der Waals surface area contributed by atoms with E-state index in [4.69, 9.17) is 10.5 Å². The van der Waals surface area contributed by atoms with Crippen LogP contribution in [-0.2, 0) is 19.1 Å². The summed E-state index contributed by atoms with van der Waals surface area (Å²) in [7, 11) is 0. The molecule has 0 spiro atoms. The number of nitrogens with two attached hydrogens (primary N) is 1. The zero-order chi connectivity index (χ0) is 27.8. The lowest BCUT2D eigenvalue weighted by Gasteiger charge is -2.36. The molecule has 4 N–H and O–H groups in total. The lowest BCUT2D eigenvalue weighted by Crippen LogP contribution is -2.55. The Morgan fingerprint density at radius 1 is 1.11 bits per heavy atom. The summed E-state index contributed by atoms with van der Waals surface area (Å²) in [6.07, 6.45) is 4.38. The fraction of sp³-hybridized carbons (Fsp3) is 0.643. The van der Waals surface area contributed by atoms with Crippen LogP contribution in [-0.4, -0.2) is 52.9 Å². The van der Waals surface area contributed by atoms with Gasteiger partial charge in [0.2, 0.25) is 17.7 Å². The predicted molar refractivity (Wildman–Crippen MR) is 143 cm³/mol. The maximum absolute atomic E-state index is 13.9. The molecule has 1 aliphatic rings. The average Bonchev–Trinajstić information content (AvgIpc) is 2.79. The molecule has 1 aromatic carbocycles. The molecule has 1 aliphatic carbocycles. The van der Waals surface area contributed by atoms with Crippen LogP contribution in [0.1, 0.15) is 95.4 Å². The summed E-state index contributed by atoms with van der Waals surface area (Å²) in [6, 6.07) is 3.66. The number of primary amides is 1. The highest BCUT2D eigenvalue weighted by Crippen LogP contribution is 2.28. The molecule has 206 valence electrons. The van der Waals surface area contributed by atoms with Gasteiger partial charge in [-0.3, -0.25) is 14.4 Å². The number of nitrogens with zero attached hydrogens (tertiary/aromatic N) is 1. The second-order valence-electron chi connectivity index (χ2n) is 11.0. The van der Waals surface area contributed by atoms with Crippen molar-refractivity contribution in [1.29, 1.82) is 0 Å². The van der Waals surface area contributed by atoms with Gasteiger partial charge in [-0.05, 0) is 65.0 Å². The second kappa shape index (κ2) is 13.4. The van der Waals surface area contributed by atoms with Gasteiger partial charge in [-0.2, -0.15) is 0 Å². The summed E-state index contributed by atoms with van der Waals surface area (Å²) < 4.78 is 5.32. The van der Waals surface area contributed by atoms with Crippen LogP contribution in [0.3, 0.4) is 0 Å². The van der Waals surface area contributed by atoms with Gasteiger partial charge >= 0.3 is 6.09 Å². The Morgan fingerprint density at radius 3 is 2.32 bits per heavy atom. The first-order valence-corrected chi connectivity index (χ1v) is 13.3. The van der Waals surface area contributed by atoms with E-state index in [2.05, 4.69) is 10.6 Å². The van der Waals surface area contributed by atoms with Crippen LogP contribution in [0, 0.1) is 13.8 Å². The molecule has 1 fully saturated rings. The van der Waals surface area contributed by atoms with Gasteiger partial charge in [-0.1, -0.05) is 49.9 Å². The van der Waals surface area contributed by atoms with Crippen molar-refractivity contribution in [1.82, 2.24) is 15.5 Å².